The highest BCUT2D eigenvalue weighted by Gasteiger charge is 2.20. The second-order valence-corrected chi connectivity index (χ2v) is 5.14. The lowest BCUT2D eigenvalue weighted by molar-refractivity contribution is 0.469. The van der Waals surface area contributed by atoms with Crippen LogP contribution in [0.2, 0.25) is 0 Å². The molecule has 1 aromatic heterocycles. The number of nitrogens with zero attached hydrogens (tertiary/aromatic N) is 2. The minimum atomic E-state index is -0.532. The molecule has 2 aromatic rings. The first-order chi connectivity index (χ1) is 9.17. The maximum Gasteiger partial charge on any atom is 0.162 e. The molecule has 2 heterocycles. The lowest BCUT2D eigenvalue weighted by atomic mass is 10.1. The molecule has 1 aliphatic rings. The molecule has 4 N–H and O–H groups in total. The molecule has 0 fully saturated rings. The molecule has 1 aliphatic heterocycles. The van der Waals surface area contributed by atoms with E-state index in [-0.39, 0.29) is 5.75 Å². The summed E-state index contributed by atoms with van der Waals surface area (Å²) in [7, 11) is 0. The van der Waals surface area contributed by atoms with Crippen LogP contribution in [0.1, 0.15) is 11.3 Å². The van der Waals surface area contributed by atoms with Gasteiger partial charge in [-0.05, 0) is 12.1 Å². The third-order valence-electron chi connectivity index (χ3n) is 2.86. The minimum Gasteiger partial charge on any atom is -0.508 e. The van der Waals surface area contributed by atoms with Crippen LogP contribution < -0.4 is 11.3 Å². The first-order valence-corrected chi connectivity index (χ1v) is 6.77. The van der Waals surface area contributed by atoms with Gasteiger partial charge in [-0.1, -0.05) is 0 Å². The molecule has 0 aliphatic carbocycles. The molecule has 0 unspecified atom stereocenters. The highest BCUT2D eigenvalue weighted by Crippen LogP contribution is 2.34. The number of benzene rings is 1. The van der Waals surface area contributed by atoms with Gasteiger partial charge in [-0.2, -0.15) is 11.8 Å². The van der Waals surface area contributed by atoms with E-state index >= 15 is 0 Å². The number of aromatic hydroxyl groups is 1. The molecule has 5 nitrogen and oxygen atoms in total. The molecule has 3 rings (SSSR count). The van der Waals surface area contributed by atoms with Crippen LogP contribution in [0.4, 0.5) is 10.2 Å². The number of hydrogen-bond donors (Lipinski definition) is 3. The van der Waals surface area contributed by atoms with Crippen LogP contribution >= 0.6 is 11.8 Å². The van der Waals surface area contributed by atoms with Crippen molar-refractivity contribution in [3.05, 3.63) is 35.3 Å². The van der Waals surface area contributed by atoms with Crippen molar-refractivity contribution in [3.8, 4) is 17.1 Å². The number of phenolic OH excluding ortho intramolecular Hbond substituents is 1. The average molecular weight is 278 g/mol. The number of nitrogen functional groups attached to an aromatic ring is 1. The van der Waals surface area contributed by atoms with E-state index < -0.39 is 5.82 Å². The van der Waals surface area contributed by atoms with Crippen LogP contribution in [0.25, 0.3) is 11.4 Å². The van der Waals surface area contributed by atoms with Crippen LogP contribution in [0.15, 0.2) is 18.2 Å². The van der Waals surface area contributed by atoms with Gasteiger partial charge in [0.1, 0.15) is 17.4 Å². The van der Waals surface area contributed by atoms with E-state index in [2.05, 4.69) is 15.4 Å². The van der Waals surface area contributed by atoms with Crippen LogP contribution in [-0.2, 0) is 11.5 Å². The predicted molar refractivity (Wildman–Crippen MR) is 71.9 cm³/mol. The van der Waals surface area contributed by atoms with Gasteiger partial charge in [0.15, 0.2) is 5.82 Å². The zero-order valence-electron chi connectivity index (χ0n) is 9.85. The zero-order valence-corrected chi connectivity index (χ0v) is 10.7. The van der Waals surface area contributed by atoms with Gasteiger partial charge in [0.25, 0.3) is 0 Å². The molecule has 7 heteroatoms. The Morgan fingerprint density at radius 2 is 2.11 bits per heavy atom. The third kappa shape index (κ3) is 2.22. The summed E-state index contributed by atoms with van der Waals surface area (Å²) in [6.45, 7) is 0. The van der Waals surface area contributed by atoms with E-state index in [4.69, 9.17) is 5.84 Å². The largest absolute Gasteiger partial charge is 0.508 e. The summed E-state index contributed by atoms with van der Waals surface area (Å²) in [4.78, 5) is 8.69. The predicted octanol–water partition coefficient (Wildman–Crippen LogP) is 2.02. The van der Waals surface area contributed by atoms with Gasteiger partial charge < -0.3 is 10.5 Å². The molecule has 19 heavy (non-hydrogen) atoms. The molecule has 0 atom stereocenters. The summed E-state index contributed by atoms with van der Waals surface area (Å²) in [6.07, 6.45) is 0. The van der Waals surface area contributed by atoms with Gasteiger partial charge in [0.05, 0.1) is 5.69 Å². The summed E-state index contributed by atoms with van der Waals surface area (Å²) >= 11 is 1.72. The number of hydrazine groups is 1. The van der Waals surface area contributed by atoms with E-state index in [0.717, 1.165) is 28.8 Å². The SMILES string of the molecule is NNc1nc(-c2cc(O)cc(F)c2)nc2c1CSC2. The van der Waals surface area contributed by atoms with Crippen LogP contribution in [-0.4, -0.2) is 15.1 Å². The molecule has 0 saturated carbocycles. The topological polar surface area (TPSA) is 84.1 Å². The zero-order chi connectivity index (χ0) is 13.4. The molecular weight excluding hydrogens is 267 g/mol. The number of thioether (sulfide) groups is 1. The van der Waals surface area contributed by atoms with Crippen molar-refractivity contribution in [2.24, 2.45) is 5.84 Å². The number of nitrogens with one attached hydrogen (secondary N) is 1. The second kappa shape index (κ2) is 4.67. The van der Waals surface area contributed by atoms with E-state index in [1.54, 1.807) is 11.8 Å². The number of nitrogens with two attached hydrogens (primary N) is 1. The highest BCUT2D eigenvalue weighted by atomic mass is 32.2. The average Bonchev–Trinajstić information content (AvgIpc) is 2.84. The monoisotopic (exact) mass is 278 g/mol. The van der Waals surface area contributed by atoms with Gasteiger partial charge in [0.2, 0.25) is 0 Å². The summed E-state index contributed by atoms with van der Waals surface area (Å²) < 4.78 is 13.3. The lowest BCUT2D eigenvalue weighted by Crippen LogP contribution is -2.12. The van der Waals surface area contributed by atoms with Crippen molar-refractivity contribution >= 4 is 17.6 Å². The number of fused-ring (bicyclic) bond motifs is 1. The molecule has 0 amide bonds. The number of aromatic nitrogens is 2. The summed E-state index contributed by atoms with van der Waals surface area (Å²) in [5.74, 6) is 7.26. The van der Waals surface area contributed by atoms with Crippen molar-refractivity contribution in [1.29, 1.82) is 0 Å². The molecule has 0 spiro atoms. The Balaban J connectivity index is 2.15. The Morgan fingerprint density at radius 1 is 1.26 bits per heavy atom. The van der Waals surface area contributed by atoms with E-state index in [1.807, 2.05) is 0 Å². The summed E-state index contributed by atoms with van der Waals surface area (Å²) in [6, 6.07) is 3.74. The van der Waals surface area contributed by atoms with Gasteiger partial charge >= 0.3 is 0 Å². The molecule has 0 radical (unpaired) electrons. The molecule has 98 valence electrons. The molecular formula is C12H11FN4OS. The van der Waals surface area contributed by atoms with Gasteiger partial charge in [-0.25, -0.2) is 20.2 Å². The summed E-state index contributed by atoms with van der Waals surface area (Å²) in [5.41, 5.74) is 4.85. The Hall–Kier alpha value is -1.86. The molecule has 0 saturated heterocycles. The normalized spacial score (nSPS) is 13.4. The third-order valence-corrected chi connectivity index (χ3v) is 3.83. The number of hydrogen-bond acceptors (Lipinski definition) is 6. The standard InChI is InChI=1S/C12H11FN4OS/c13-7-1-6(2-8(18)3-7)11-15-10-5-19-4-9(10)12(16-11)17-14/h1-3,18H,4-5,14H2,(H,15,16,17). The van der Waals surface area contributed by atoms with Crippen molar-refractivity contribution in [2.75, 3.05) is 5.43 Å². The lowest BCUT2D eigenvalue weighted by Gasteiger charge is -2.09. The Bertz CT molecular complexity index is 630. The first kappa shape index (κ1) is 12.2. The number of rotatable bonds is 2. The molecule has 0 bridgehead atoms. The Labute approximate surface area is 113 Å². The fraction of sp³-hybridized carbons (Fsp3) is 0.167. The number of anilines is 1. The Morgan fingerprint density at radius 3 is 2.84 bits per heavy atom. The van der Waals surface area contributed by atoms with Crippen LogP contribution in [0, 0.1) is 5.82 Å². The van der Waals surface area contributed by atoms with Gasteiger partial charge in [-0.15, -0.1) is 0 Å². The Kier molecular flexibility index (Phi) is 3.00. The second-order valence-electron chi connectivity index (χ2n) is 4.16. The minimum absolute atomic E-state index is 0.157. The fourth-order valence-electron chi connectivity index (χ4n) is 2.00. The quantitative estimate of drug-likeness (QED) is 0.576. The number of phenols is 1. The van der Waals surface area contributed by atoms with E-state index in [9.17, 15) is 9.50 Å². The maximum absolute atomic E-state index is 13.3. The highest BCUT2D eigenvalue weighted by molar-refractivity contribution is 7.98. The van der Waals surface area contributed by atoms with E-state index in [1.165, 1.54) is 12.1 Å². The fourth-order valence-corrected chi connectivity index (χ4v) is 3.04. The van der Waals surface area contributed by atoms with Crippen molar-refractivity contribution in [3.63, 3.8) is 0 Å². The smallest absolute Gasteiger partial charge is 0.162 e. The van der Waals surface area contributed by atoms with Gasteiger partial charge in [-0.3, -0.25) is 0 Å². The van der Waals surface area contributed by atoms with Crippen molar-refractivity contribution in [2.45, 2.75) is 11.5 Å². The number of halogens is 1. The van der Waals surface area contributed by atoms with Crippen molar-refractivity contribution in [1.82, 2.24) is 9.97 Å². The van der Waals surface area contributed by atoms with Gasteiger partial charge in [0, 0.05) is 28.7 Å². The maximum atomic E-state index is 13.3. The summed E-state index contributed by atoms with van der Waals surface area (Å²) in [5, 5.41) is 9.44. The first-order valence-electron chi connectivity index (χ1n) is 5.61. The van der Waals surface area contributed by atoms with Crippen molar-refractivity contribution < 1.29 is 9.50 Å². The molecule has 1 aromatic carbocycles. The van der Waals surface area contributed by atoms with Crippen LogP contribution in [0.3, 0.4) is 0 Å². The van der Waals surface area contributed by atoms with E-state index in [0.29, 0.717) is 17.2 Å². The van der Waals surface area contributed by atoms with Crippen LogP contribution in [0.5, 0.6) is 5.75 Å².